The molecule has 0 saturated heterocycles. The van der Waals surface area contributed by atoms with Crippen LogP contribution in [0.3, 0.4) is 0 Å². The van der Waals surface area contributed by atoms with Crippen LogP contribution in [0.2, 0.25) is 0 Å². The molecule has 0 aromatic heterocycles. The quantitative estimate of drug-likeness (QED) is 0.743. The van der Waals surface area contributed by atoms with Crippen molar-refractivity contribution in [1.82, 2.24) is 0 Å². The number of methoxy groups -OCH3 is 1. The first-order valence-corrected chi connectivity index (χ1v) is 6.08. The molecule has 0 saturated carbocycles. The first kappa shape index (κ1) is 13.9. The van der Waals surface area contributed by atoms with Gasteiger partial charge in [0.2, 0.25) is 0 Å². The number of ether oxygens (including phenoxy) is 1. The Kier molecular flexibility index (Phi) is 4.22. The number of nitrogens with one attached hydrogen (secondary N) is 1. The highest BCUT2D eigenvalue weighted by molar-refractivity contribution is 6.04. The highest BCUT2D eigenvalue weighted by Crippen LogP contribution is 2.22. The molecule has 20 heavy (non-hydrogen) atoms. The van der Waals surface area contributed by atoms with Crippen LogP contribution in [0.5, 0.6) is 5.75 Å². The number of amides is 1. The molecule has 5 nitrogen and oxygen atoms in total. The van der Waals surface area contributed by atoms with Gasteiger partial charge in [0.15, 0.2) is 0 Å². The second-order valence-corrected chi connectivity index (χ2v) is 4.27. The Hall–Kier alpha value is -2.53. The van der Waals surface area contributed by atoms with Crippen molar-refractivity contribution in [1.29, 1.82) is 0 Å². The van der Waals surface area contributed by atoms with Crippen LogP contribution < -0.4 is 15.8 Å². The maximum absolute atomic E-state index is 12.1. The highest BCUT2D eigenvalue weighted by Gasteiger charge is 2.09. The third-order valence-electron chi connectivity index (χ3n) is 2.89. The van der Waals surface area contributed by atoms with Crippen LogP contribution in [-0.4, -0.2) is 18.1 Å². The van der Waals surface area contributed by atoms with Gasteiger partial charge < -0.3 is 20.9 Å². The van der Waals surface area contributed by atoms with E-state index >= 15 is 0 Å². The minimum atomic E-state index is -0.250. The molecule has 0 unspecified atom stereocenters. The van der Waals surface area contributed by atoms with Gasteiger partial charge in [-0.1, -0.05) is 12.1 Å². The lowest BCUT2D eigenvalue weighted by molar-refractivity contribution is 0.102. The largest absolute Gasteiger partial charge is 0.495 e. The van der Waals surface area contributed by atoms with Crippen LogP contribution in [0.4, 0.5) is 11.4 Å². The fourth-order valence-electron chi connectivity index (χ4n) is 1.75. The minimum Gasteiger partial charge on any atom is -0.495 e. The standard InChI is InChI=1S/C15H16N2O3/c1-20-14-8-11(4-7-13(14)16)15(19)17-12-5-2-10(9-18)3-6-12/h2-8,18H,9,16H2,1H3,(H,17,19). The van der Waals surface area contributed by atoms with Gasteiger partial charge in [0.05, 0.1) is 19.4 Å². The number of hydrogen-bond donors (Lipinski definition) is 3. The van der Waals surface area contributed by atoms with Crippen molar-refractivity contribution in [2.45, 2.75) is 6.61 Å². The van der Waals surface area contributed by atoms with Gasteiger partial charge in [-0.15, -0.1) is 0 Å². The summed E-state index contributed by atoms with van der Waals surface area (Å²) in [6, 6.07) is 11.8. The molecular weight excluding hydrogens is 256 g/mol. The number of rotatable bonds is 4. The zero-order valence-corrected chi connectivity index (χ0v) is 11.1. The van der Waals surface area contributed by atoms with Crippen LogP contribution in [0.1, 0.15) is 15.9 Å². The smallest absolute Gasteiger partial charge is 0.255 e. The zero-order chi connectivity index (χ0) is 14.5. The summed E-state index contributed by atoms with van der Waals surface area (Å²) in [5.74, 6) is 0.216. The summed E-state index contributed by atoms with van der Waals surface area (Å²) < 4.78 is 5.08. The first-order valence-electron chi connectivity index (χ1n) is 6.08. The van der Waals surface area contributed by atoms with Gasteiger partial charge in [-0.05, 0) is 35.9 Å². The summed E-state index contributed by atoms with van der Waals surface area (Å²) in [5.41, 5.74) is 8.09. The van der Waals surface area contributed by atoms with E-state index in [0.717, 1.165) is 5.56 Å². The average Bonchev–Trinajstić information content (AvgIpc) is 2.48. The van der Waals surface area contributed by atoms with Gasteiger partial charge >= 0.3 is 0 Å². The fourth-order valence-corrected chi connectivity index (χ4v) is 1.75. The molecule has 5 heteroatoms. The van der Waals surface area contributed by atoms with Crippen LogP contribution in [0.15, 0.2) is 42.5 Å². The maximum atomic E-state index is 12.1. The molecule has 0 aliphatic rings. The summed E-state index contributed by atoms with van der Waals surface area (Å²) in [5, 5.41) is 11.7. The zero-order valence-electron chi connectivity index (χ0n) is 11.1. The maximum Gasteiger partial charge on any atom is 0.255 e. The number of hydrogen-bond acceptors (Lipinski definition) is 4. The summed E-state index contributed by atoms with van der Waals surface area (Å²) >= 11 is 0. The van der Waals surface area contributed by atoms with E-state index in [-0.39, 0.29) is 12.5 Å². The fraction of sp³-hybridized carbons (Fsp3) is 0.133. The average molecular weight is 272 g/mol. The number of benzene rings is 2. The monoisotopic (exact) mass is 272 g/mol. The molecule has 0 bridgehead atoms. The third-order valence-corrected chi connectivity index (χ3v) is 2.89. The number of nitrogens with two attached hydrogens (primary N) is 1. The van der Waals surface area contributed by atoms with Crippen molar-refractivity contribution >= 4 is 17.3 Å². The Morgan fingerprint density at radius 3 is 2.55 bits per heavy atom. The Morgan fingerprint density at radius 2 is 1.95 bits per heavy atom. The van der Waals surface area contributed by atoms with E-state index < -0.39 is 0 Å². The van der Waals surface area contributed by atoms with Gasteiger partial charge in [0.1, 0.15) is 5.75 Å². The molecule has 0 radical (unpaired) electrons. The van der Waals surface area contributed by atoms with Crippen LogP contribution in [-0.2, 0) is 6.61 Å². The molecular formula is C15H16N2O3. The topological polar surface area (TPSA) is 84.6 Å². The van der Waals surface area contributed by atoms with E-state index in [0.29, 0.717) is 22.7 Å². The molecule has 0 fully saturated rings. The number of aliphatic hydroxyl groups excluding tert-OH is 1. The molecule has 2 aromatic rings. The Balaban J connectivity index is 2.14. The lowest BCUT2D eigenvalue weighted by atomic mass is 10.1. The number of anilines is 2. The van der Waals surface area contributed by atoms with Gasteiger partial charge in [-0.3, -0.25) is 4.79 Å². The van der Waals surface area contributed by atoms with Crippen LogP contribution in [0, 0.1) is 0 Å². The molecule has 2 rings (SSSR count). The number of aliphatic hydroxyl groups is 1. The van der Waals surface area contributed by atoms with Crippen molar-refractivity contribution in [2.24, 2.45) is 0 Å². The van der Waals surface area contributed by atoms with Crippen LogP contribution in [0.25, 0.3) is 0 Å². The van der Waals surface area contributed by atoms with E-state index in [1.165, 1.54) is 7.11 Å². The predicted octanol–water partition coefficient (Wildman–Crippen LogP) is 2.02. The van der Waals surface area contributed by atoms with Crippen molar-refractivity contribution in [2.75, 3.05) is 18.2 Å². The van der Waals surface area contributed by atoms with E-state index in [1.54, 1.807) is 42.5 Å². The normalized spacial score (nSPS) is 10.1. The summed E-state index contributed by atoms with van der Waals surface area (Å²) in [4.78, 5) is 12.1. The van der Waals surface area contributed by atoms with Crippen molar-refractivity contribution in [3.63, 3.8) is 0 Å². The molecule has 4 N–H and O–H groups in total. The van der Waals surface area contributed by atoms with Crippen molar-refractivity contribution in [3.05, 3.63) is 53.6 Å². The summed E-state index contributed by atoms with van der Waals surface area (Å²) in [6.07, 6.45) is 0. The van der Waals surface area contributed by atoms with Gasteiger partial charge in [-0.25, -0.2) is 0 Å². The summed E-state index contributed by atoms with van der Waals surface area (Å²) in [7, 11) is 1.50. The molecule has 2 aromatic carbocycles. The van der Waals surface area contributed by atoms with E-state index in [4.69, 9.17) is 15.6 Å². The predicted molar refractivity (Wildman–Crippen MR) is 77.7 cm³/mol. The minimum absolute atomic E-state index is 0.0244. The number of carbonyl (C=O) groups excluding carboxylic acids is 1. The van der Waals surface area contributed by atoms with E-state index in [2.05, 4.69) is 5.32 Å². The SMILES string of the molecule is COc1cc(C(=O)Nc2ccc(CO)cc2)ccc1N. The lowest BCUT2D eigenvalue weighted by Crippen LogP contribution is -2.12. The Labute approximate surface area is 117 Å². The Bertz CT molecular complexity index is 609. The second kappa shape index (κ2) is 6.08. The molecule has 104 valence electrons. The first-order chi connectivity index (χ1) is 9.63. The molecule has 0 aliphatic carbocycles. The van der Waals surface area contributed by atoms with Crippen molar-refractivity contribution < 1.29 is 14.6 Å². The molecule has 1 amide bonds. The van der Waals surface area contributed by atoms with Crippen LogP contribution >= 0.6 is 0 Å². The summed E-state index contributed by atoms with van der Waals surface area (Å²) in [6.45, 7) is -0.0244. The lowest BCUT2D eigenvalue weighted by Gasteiger charge is -2.09. The number of nitrogen functional groups attached to an aromatic ring is 1. The highest BCUT2D eigenvalue weighted by atomic mass is 16.5. The second-order valence-electron chi connectivity index (χ2n) is 4.27. The van der Waals surface area contributed by atoms with Crippen molar-refractivity contribution in [3.8, 4) is 5.75 Å². The molecule has 0 spiro atoms. The number of carbonyl (C=O) groups is 1. The molecule has 0 heterocycles. The third kappa shape index (κ3) is 3.07. The molecule has 0 atom stereocenters. The van der Waals surface area contributed by atoms with Gasteiger partial charge in [0.25, 0.3) is 5.91 Å². The van der Waals surface area contributed by atoms with E-state index in [1.807, 2.05) is 0 Å². The van der Waals surface area contributed by atoms with Gasteiger partial charge in [0, 0.05) is 11.3 Å². The Morgan fingerprint density at radius 1 is 1.25 bits per heavy atom. The van der Waals surface area contributed by atoms with Gasteiger partial charge in [-0.2, -0.15) is 0 Å². The van der Waals surface area contributed by atoms with E-state index in [9.17, 15) is 4.79 Å². The molecule has 0 aliphatic heterocycles.